The van der Waals surface area contributed by atoms with Crippen molar-refractivity contribution in [1.29, 1.82) is 0 Å². The number of aliphatic hydroxyl groups is 1. The van der Waals surface area contributed by atoms with Crippen molar-refractivity contribution in [3.63, 3.8) is 0 Å². The molecule has 0 fully saturated rings. The molecule has 0 aliphatic heterocycles. The minimum Gasteiger partial charge on any atom is -0.376 e. The lowest BCUT2D eigenvalue weighted by Crippen LogP contribution is -2.34. The molecule has 4 heteroatoms. The summed E-state index contributed by atoms with van der Waals surface area (Å²) in [5.74, 6) is -0.298. The maximum Gasteiger partial charge on any atom is 0.247 e. The Kier molecular flexibility index (Phi) is 4.53. The SMILES string of the molecule is C=CC(=O)N(CO)CCN. The zero-order valence-corrected chi connectivity index (χ0v) is 5.79. The fraction of sp³-hybridized carbons (Fsp3) is 0.500. The van der Waals surface area contributed by atoms with Crippen molar-refractivity contribution in [2.45, 2.75) is 0 Å². The second-order valence-electron chi connectivity index (χ2n) is 1.74. The molecule has 0 aromatic rings. The van der Waals surface area contributed by atoms with Crippen molar-refractivity contribution in [1.82, 2.24) is 4.90 Å². The molecule has 3 N–H and O–H groups in total. The van der Waals surface area contributed by atoms with Crippen molar-refractivity contribution in [2.75, 3.05) is 19.8 Å². The lowest BCUT2D eigenvalue weighted by atomic mass is 10.5. The van der Waals surface area contributed by atoms with Crippen molar-refractivity contribution in [3.8, 4) is 0 Å². The molecule has 0 bridgehead atoms. The molecular weight excluding hydrogens is 132 g/mol. The average Bonchev–Trinajstić information content (AvgIpc) is 1.99. The zero-order chi connectivity index (χ0) is 7.98. The third kappa shape index (κ3) is 2.61. The number of hydrogen-bond donors (Lipinski definition) is 2. The van der Waals surface area contributed by atoms with Gasteiger partial charge in [-0.3, -0.25) is 4.79 Å². The van der Waals surface area contributed by atoms with Gasteiger partial charge in [-0.1, -0.05) is 6.58 Å². The third-order valence-electron chi connectivity index (χ3n) is 1.06. The van der Waals surface area contributed by atoms with Gasteiger partial charge >= 0.3 is 0 Å². The van der Waals surface area contributed by atoms with Crippen LogP contribution in [0.15, 0.2) is 12.7 Å². The van der Waals surface area contributed by atoms with Crippen LogP contribution in [0.3, 0.4) is 0 Å². The summed E-state index contributed by atoms with van der Waals surface area (Å²) in [6, 6.07) is 0. The van der Waals surface area contributed by atoms with Crippen LogP contribution >= 0.6 is 0 Å². The van der Waals surface area contributed by atoms with Crippen LogP contribution < -0.4 is 5.73 Å². The van der Waals surface area contributed by atoms with E-state index < -0.39 is 0 Å². The van der Waals surface area contributed by atoms with Gasteiger partial charge in [0.05, 0.1) is 0 Å². The number of carbonyl (C=O) groups excluding carboxylic acids is 1. The predicted octanol–water partition coefficient (Wildman–Crippen LogP) is -1.09. The maximum absolute atomic E-state index is 10.7. The molecule has 0 aromatic heterocycles. The summed E-state index contributed by atoms with van der Waals surface area (Å²) >= 11 is 0. The topological polar surface area (TPSA) is 66.6 Å². The Morgan fingerprint density at radius 2 is 2.40 bits per heavy atom. The van der Waals surface area contributed by atoms with Gasteiger partial charge in [0.15, 0.2) is 0 Å². The second kappa shape index (κ2) is 4.96. The Morgan fingerprint density at radius 3 is 2.70 bits per heavy atom. The molecule has 0 saturated carbocycles. The number of nitrogens with zero attached hydrogens (tertiary/aromatic N) is 1. The predicted molar refractivity (Wildman–Crippen MR) is 38.1 cm³/mol. The summed E-state index contributed by atoms with van der Waals surface area (Å²) in [4.78, 5) is 11.9. The molecule has 0 aliphatic rings. The quantitative estimate of drug-likeness (QED) is 0.389. The first kappa shape index (κ1) is 9.13. The Labute approximate surface area is 59.9 Å². The summed E-state index contributed by atoms with van der Waals surface area (Å²) in [7, 11) is 0. The van der Waals surface area contributed by atoms with Gasteiger partial charge in [0, 0.05) is 13.1 Å². The first-order chi connectivity index (χ1) is 4.76. The van der Waals surface area contributed by atoms with Gasteiger partial charge in [-0.05, 0) is 6.08 Å². The normalized spacial score (nSPS) is 9.00. The first-order valence-corrected chi connectivity index (χ1v) is 2.98. The standard InChI is InChI=1S/C6H12N2O2/c1-2-6(10)8(5-9)4-3-7/h2,9H,1,3-5,7H2. The van der Waals surface area contributed by atoms with Crippen LogP contribution in [0.2, 0.25) is 0 Å². The molecule has 10 heavy (non-hydrogen) atoms. The third-order valence-corrected chi connectivity index (χ3v) is 1.06. The van der Waals surface area contributed by atoms with Crippen LogP contribution in [-0.2, 0) is 4.79 Å². The molecule has 0 unspecified atom stereocenters. The molecule has 0 spiro atoms. The van der Waals surface area contributed by atoms with E-state index in [1.165, 1.54) is 4.90 Å². The second-order valence-corrected chi connectivity index (χ2v) is 1.74. The van der Waals surface area contributed by atoms with E-state index in [0.717, 1.165) is 6.08 Å². The lowest BCUT2D eigenvalue weighted by molar-refractivity contribution is -0.129. The van der Waals surface area contributed by atoms with Gasteiger partial charge in [-0.15, -0.1) is 0 Å². The minimum absolute atomic E-state index is 0.298. The molecule has 58 valence electrons. The van der Waals surface area contributed by atoms with Gasteiger partial charge in [0.1, 0.15) is 6.73 Å². The number of aliphatic hydroxyl groups excluding tert-OH is 1. The van der Waals surface area contributed by atoms with Crippen LogP contribution in [0.4, 0.5) is 0 Å². The minimum atomic E-state index is -0.304. The highest BCUT2D eigenvalue weighted by atomic mass is 16.3. The van der Waals surface area contributed by atoms with Crippen molar-refractivity contribution in [2.24, 2.45) is 5.73 Å². The molecule has 0 aliphatic carbocycles. The summed E-state index contributed by atoms with van der Waals surface area (Å²) in [5, 5.41) is 8.56. The largest absolute Gasteiger partial charge is 0.376 e. The molecule has 0 heterocycles. The van der Waals surface area contributed by atoms with E-state index in [4.69, 9.17) is 10.8 Å². The van der Waals surface area contributed by atoms with E-state index in [0.29, 0.717) is 13.1 Å². The fourth-order valence-electron chi connectivity index (χ4n) is 0.536. The Balaban J connectivity index is 3.79. The Hall–Kier alpha value is -0.870. The van der Waals surface area contributed by atoms with Gasteiger partial charge in [0.2, 0.25) is 5.91 Å². The highest BCUT2D eigenvalue weighted by molar-refractivity contribution is 5.86. The molecular formula is C6H12N2O2. The lowest BCUT2D eigenvalue weighted by Gasteiger charge is -2.15. The fourth-order valence-corrected chi connectivity index (χ4v) is 0.536. The van der Waals surface area contributed by atoms with Crippen molar-refractivity contribution >= 4 is 5.91 Å². The van der Waals surface area contributed by atoms with Gasteiger partial charge < -0.3 is 15.7 Å². The Morgan fingerprint density at radius 1 is 1.80 bits per heavy atom. The highest BCUT2D eigenvalue weighted by Gasteiger charge is 2.05. The summed E-state index contributed by atoms with van der Waals surface area (Å²) in [6.45, 7) is 3.67. The zero-order valence-electron chi connectivity index (χ0n) is 5.79. The molecule has 0 saturated heterocycles. The van der Waals surface area contributed by atoms with Gasteiger partial charge in [-0.25, -0.2) is 0 Å². The molecule has 4 nitrogen and oxygen atoms in total. The van der Waals surface area contributed by atoms with Crippen LogP contribution in [-0.4, -0.2) is 35.7 Å². The van der Waals surface area contributed by atoms with E-state index in [1.807, 2.05) is 0 Å². The molecule has 0 aromatic carbocycles. The number of amides is 1. The van der Waals surface area contributed by atoms with E-state index in [-0.39, 0.29) is 12.6 Å². The first-order valence-electron chi connectivity index (χ1n) is 2.98. The molecule has 0 atom stereocenters. The van der Waals surface area contributed by atoms with Crippen molar-refractivity contribution in [3.05, 3.63) is 12.7 Å². The number of carbonyl (C=O) groups is 1. The monoisotopic (exact) mass is 144 g/mol. The number of nitrogens with two attached hydrogens (primary N) is 1. The smallest absolute Gasteiger partial charge is 0.247 e. The molecule has 1 amide bonds. The van der Waals surface area contributed by atoms with E-state index >= 15 is 0 Å². The molecule has 0 radical (unpaired) electrons. The van der Waals surface area contributed by atoms with Crippen LogP contribution in [0, 0.1) is 0 Å². The maximum atomic E-state index is 10.7. The summed E-state index contributed by atoms with van der Waals surface area (Å²) in [6.07, 6.45) is 1.14. The summed E-state index contributed by atoms with van der Waals surface area (Å²) in [5.41, 5.74) is 5.16. The van der Waals surface area contributed by atoms with Crippen molar-refractivity contribution < 1.29 is 9.90 Å². The summed E-state index contributed by atoms with van der Waals surface area (Å²) < 4.78 is 0. The van der Waals surface area contributed by atoms with Crippen LogP contribution in [0.5, 0.6) is 0 Å². The van der Waals surface area contributed by atoms with Crippen LogP contribution in [0.25, 0.3) is 0 Å². The van der Waals surface area contributed by atoms with Gasteiger partial charge in [0.25, 0.3) is 0 Å². The van der Waals surface area contributed by atoms with Gasteiger partial charge in [-0.2, -0.15) is 0 Å². The van der Waals surface area contributed by atoms with E-state index in [2.05, 4.69) is 6.58 Å². The number of hydrogen-bond acceptors (Lipinski definition) is 3. The highest BCUT2D eigenvalue weighted by Crippen LogP contribution is 1.86. The Bertz CT molecular complexity index is 125. The van der Waals surface area contributed by atoms with Crippen LogP contribution in [0.1, 0.15) is 0 Å². The van der Waals surface area contributed by atoms with E-state index in [1.54, 1.807) is 0 Å². The van der Waals surface area contributed by atoms with E-state index in [9.17, 15) is 4.79 Å². The number of rotatable bonds is 4. The average molecular weight is 144 g/mol. The molecule has 0 rings (SSSR count).